The Morgan fingerprint density at radius 3 is 1.83 bits per heavy atom. The zero-order chi connectivity index (χ0) is 9.57. The molecule has 0 amide bonds. The molecule has 72 valence electrons. The van der Waals surface area contributed by atoms with E-state index in [0.29, 0.717) is 0 Å². The van der Waals surface area contributed by atoms with Crippen LogP contribution in [0.5, 0.6) is 0 Å². The fraction of sp³-hybridized carbons (Fsp3) is 1.00. The van der Waals surface area contributed by atoms with Crippen molar-refractivity contribution in [3.63, 3.8) is 0 Å². The van der Waals surface area contributed by atoms with Gasteiger partial charge in [0, 0.05) is 11.6 Å². The first kappa shape index (κ1) is 9.95. The summed E-state index contributed by atoms with van der Waals surface area (Å²) in [6, 6.07) is 0.0139. The molecule has 0 radical (unpaired) electrons. The summed E-state index contributed by atoms with van der Waals surface area (Å²) in [5, 5.41) is 0. The Hall–Kier alpha value is -0.130. The van der Waals surface area contributed by atoms with E-state index in [0.717, 1.165) is 12.8 Å². The van der Waals surface area contributed by atoms with Gasteiger partial charge >= 0.3 is 10.3 Å². The van der Waals surface area contributed by atoms with Crippen molar-refractivity contribution in [2.45, 2.75) is 45.2 Å². The molecule has 1 aliphatic carbocycles. The monoisotopic (exact) mass is 193 g/mol. The minimum Gasteiger partial charge on any atom is -0.273 e. The molecule has 1 fully saturated rings. The molecule has 5 heteroatoms. The first-order valence-electron chi connectivity index (χ1n) is 4.00. The second kappa shape index (κ2) is 2.68. The van der Waals surface area contributed by atoms with Gasteiger partial charge in [-0.15, -0.1) is 0 Å². The number of hydrogen-bond donors (Lipinski definition) is 1. The highest BCUT2D eigenvalue weighted by Crippen LogP contribution is 2.34. The Balaban J connectivity index is 2.90. The minimum absolute atomic E-state index is 0.0139. The van der Waals surface area contributed by atoms with Gasteiger partial charge in [-0.05, 0) is 33.6 Å². The lowest BCUT2D eigenvalue weighted by Crippen LogP contribution is -2.46. The van der Waals surface area contributed by atoms with E-state index >= 15 is 0 Å². The van der Waals surface area contributed by atoms with Gasteiger partial charge in [-0.2, -0.15) is 12.7 Å². The maximum Gasteiger partial charge on any atom is 0.336 e. The van der Waals surface area contributed by atoms with Crippen LogP contribution in [-0.2, 0) is 10.3 Å². The molecule has 12 heavy (non-hydrogen) atoms. The van der Waals surface area contributed by atoms with Gasteiger partial charge in [0.1, 0.15) is 0 Å². The smallest absolute Gasteiger partial charge is 0.273 e. The van der Waals surface area contributed by atoms with E-state index in [2.05, 4.69) is 0 Å². The van der Waals surface area contributed by atoms with E-state index in [1.807, 2.05) is 0 Å². The highest BCUT2D eigenvalue weighted by Gasteiger charge is 2.43. The lowest BCUT2D eigenvalue weighted by molar-refractivity contribution is 0.218. The first-order valence-corrected chi connectivity index (χ1v) is 5.39. The lowest BCUT2D eigenvalue weighted by atomic mass is 10.1. The average Bonchev–Trinajstić information content (AvgIpc) is 2.38. The van der Waals surface area contributed by atoms with Crippen LogP contribution < -0.4 is 0 Å². The molecule has 0 aromatic carbocycles. The van der Waals surface area contributed by atoms with Crippen molar-refractivity contribution in [2.75, 3.05) is 0 Å². The number of rotatable bonds is 2. The standard InChI is InChI=1S/C7H15NO3S/c1-7(2,3)8(6-4-5-6)12(9,10)11/h6H,4-5H2,1-3H3,(H,9,10,11). The van der Waals surface area contributed by atoms with Crippen LogP contribution in [-0.4, -0.2) is 28.9 Å². The van der Waals surface area contributed by atoms with Gasteiger partial charge in [0.05, 0.1) is 0 Å². The van der Waals surface area contributed by atoms with Crippen LogP contribution in [0.4, 0.5) is 0 Å². The Morgan fingerprint density at radius 1 is 1.33 bits per heavy atom. The van der Waals surface area contributed by atoms with Crippen LogP contribution in [0.25, 0.3) is 0 Å². The highest BCUT2D eigenvalue weighted by atomic mass is 32.2. The molecule has 0 bridgehead atoms. The fourth-order valence-electron chi connectivity index (χ4n) is 1.39. The van der Waals surface area contributed by atoms with Crippen LogP contribution in [0.1, 0.15) is 33.6 Å². The quantitative estimate of drug-likeness (QED) is 0.667. The molecule has 0 aromatic rings. The van der Waals surface area contributed by atoms with Crippen LogP contribution in [0.15, 0.2) is 0 Å². The van der Waals surface area contributed by atoms with Gasteiger partial charge in [0.25, 0.3) is 0 Å². The average molecular weight is 193 g/mol. The summed E-state index contributed by atoms with van der Waals surface area (Å²) in [4.78, 5) is 0. The van der Waals surface area contributed by atoms with Crippen molar-refractivity contribution in [2.24, 2.45) is 0 Å². The summed E-state index contributed by atoms with van der Waals surface area (Å²) in [5.74, 6) is 0. The lowest BCUT2D eigenvalue weighted by Gasteiger charge is -2.31. The van der Waals surface area contributed by atoms with Crippen molar-refractivity contribution >= 4 is 10.3 Å². The molecular weight excluding hydrogens is 178 g/mol. The van der Waals surface area contributed by atoms with Crippen molar-refractivity contribution in [1.82, 2.24) is 4.31 Å². The van der Waals surface area contributed by atoms with E-state index < -0.39 is 15.8 Å². The van der Waals surface area contributed by atoms with Crippen LogP contribution >= 0.6 is 0 Å². The Labute approximate surface area is 73.4 Å². The van der Waals surface area contributed by atoms with E-state index in [4.69, 9.17) is 4.55 Å². The number of hydrogen-bond acceptors (Lipinski definition) is 2. The van der Waals surface area contributed by atoms with Crippen molar-refractivity contribution in [3.05, 3.63) is 0 Å². The van der Waals surface area contributed by atoms with Gasteiger partial charge in [-0.1, -0.05) is 0 Å². The Morgan fingerprint density at radius 2 is 1.75 bits per heavy atom. The topological polar surface area (TPSA) is 57.6 Å². The summed E-state index contributed by atoms with van der Waals surface area (Å²) in [7, 11) is -4.03. The van der Waals surface area contributed by atoms with Crippen molar-refractivity contribution in [1.29, 1.82) is 0 Å². The Kier molecular flexibility index (Phi) is 2.22. The molecule has 0 aliphatic heterocycles. The minimum atomic E-state index is -4.03. The van der Waals surface area contributed by atoms with E-state index in [9.17, 15) is 8.42 Å². The molecule has 1 rings (SSSR count). The van der Waals surface area contributed by atoms with Gasteiger partial charge in [0.2, 0.25) is 0 Å². The van der Waals surface area contributed by atoms with Crippen molar-refractivity contribution < 1.29 is 13.0 Å². The second-order valence-electron chi connectivity index (χ2n) is 4.18. The summed E-state index contributed by atoms with van der Waals surface area (Å²) in [6.07, 6.45) is 1.72. The van der Waals surface area contributed by atoms with Gasteiger partial charge in [0.15, 0.2) is 0 Å². The molecule has 4 nitrogen and oxygen atoms in total. The van der Waals surface area contributed by atoms with Crippen LogP contribution in [0.3, 0.4) is 0 Å². The summed E-state index contributed by atoms with van der Waals surface area (Å²) in [5.41, 5.74) is -0.519. The maximum atomic E-state index is 10.9. The third-order valence-electron chi connectivity index (χ3n) is 1.79. The highest BCUT2D eigenvalue weighted by molar-refractivity contribution is 7.83. The van der Waals surface area contributed by atoms with Crippen molar-refractivity contribution in [3.8, 4) is 0 Å². The second-order valence-corrected chi connectivity index (χ2v) is 5.46. The summed E-state index contributed by atoms with van der Waals surface area (Å²) < 4.78 is 32.0. The zero-order valence-electron chi connectivity index (χ0n) is 7.61. The van der Waals surface area contributed by atoms with Crippen LogP contribution in [0.2, 0.25) is 0 Å². The normalized spacial score (nSPS) is 20.1. The molecule has 0 saturated heterocycles. The summed E-state index contributed by atoms with van der Waals surface area (Å²) >= 11 is 0. The number of nitrogens with zero attached hydrogens (tertiary/aromatic N) is 1. The predicted molar refractivity (Wildman–Crippen MR) is 46.2 cm³/mol. The molecule has 1 saturated carbocycles. The molecule has 1 aliphatic rings. The predicted octanol–water partition coefficient (Wildman–Crippen LogP) is 1.05. The van der Waals surface area contributed by atoms with E-state index in [-0.39, 0.29) is 6.04 Å². The van der Waals surface area contributed by atoms with Gasteiger partial charge in [-0.25, -0.2) is 0 Å². The first-order chi connectivity index (χ1) is 5.23. The maximum absolute atomic E-state index is 10.9. The molecular formula is C7H15NO3S. The molecule has 0 heterocycles. The Bertz CT molecular complexity index is 261. The summed E-state index contributed by atoms with van der Waals surface area (Å²) in [6.45, 7) is 5.33. The van der Waals surface area contributed by atoms with E-state index in [1.54, 1.807) is 20.8 Å². The largest absolute Gasteiger partial charge is 0.336 e. The van der Waals surface area contributed by atoms with Gasteiger partial charge < -0.3 is 0 Å². The third kappa shape index (κ3) is 2.18. The zero-order valence-corrected chi connectivity index (χ0v) is 8.43. The molecule has 0 aromatic heterocycles. The molecule has 0 unspecified atom stereocenters. The van der Waals surface area contributed by atoms with E-state index in [1.165, 1.54) is 4.31 Å². The molecule has 1 N–H and O–H groups in total. The van der Waals surface area contributed by atoms with Crippen LogP contribution in [0, 0.1) is 0 Å². The third-order valence-corrected chi connectivity index (χ3v) is 3.13. The van der Waals surface area contributed by atoms with Gasteiger partial charge in [-0.3, -0.25) is 4.55 Å². The fourth-order valence-corrected chi connectivity index (χ4v) is 2.67. The molecule has 0 spiro atoms. The molecule has 0 atom stereocenters. The SMILES string of the molecule is CC(C)(C)N(C1CC1)S(=O)(=O)O.